The van der Waals surface area contributed by atoms with Crippen LogP contribution in [0.3, 0.4) is 0 Å². The minimum atomic E-state index is -0.224. The normalized spacial score (nSPS) is 9.87. The Kier molecular flexibility index (Phi) is 33.3. The van der Waals surface area contributed by atoms with Gasteiger partial charge >= 0.3 is 0 Å². The second-order valence-electron chi connectivity index (χ2n) is 21.9. The Balaban J connectivity index is 0.000000297. The van der Waals surface area contributed by atoms with Crippen molar-refractivity contribution < 1.29 is 105 Å². The Hall–Kier alpha value is -6.53. The third kappa shape index (κ3) is 23.2. The summed E-state index contributed by atoms with van der Waals surface area (Å²) in [6.45, 7) is 27.1. The van der Waals surface area contributed by atoms with Crippen LogP contribution in [0.2, 0.25) is 0 Å². The molecular formula is C80H73FIr5N5-5. The summed E-state index contributed by atoms with van der Waals surface area (Å²) in [5.41, 5.74) is 30.4. The standard InChI is InChI=1S/C21H20N.C19H15FN.C14H14N.2C13H12N.5Ir/c1-14-10-15(2)12-20(11-14)18-6-5-7-19(13-18)21-17(4)16(3)8-9-22-21;1-13-10-11-21-19(14(13)2)17-5-3-4-16(12-17)15-6-8-18(20)9-7-15;1-10-5-4-6-13(7-10)14-8-11(2)12(3)9-15-14;1-10-5-3-7-12(9-10)13-8-4-6-11(2)14-13;1-10-8-11(2)14-13(9-10)12-6-4-3-5-7-12;;;;;/h5-6,8-13H,1-4H3;3-4,6-12H,1-2H3;4-5,7-9H,1-3H3;2*3-6,8-9H,1-2H3;;;;;/q5*-1;;;;;. The van der Waals surface area contributed by atoms with Crippen molar-refractivity contribution in [1.82, 2.24) is 24.9 Å². The van der Waals surface area contributed by atoms with Gasteiger partial charge in [-0.25, -0.2) is 4.39 Å². The summed E-state index contributed by atoms with van der Waals surface area (Å²) >= 11 is 0. The molecule has 7 aromatic carbocycles. The van der Waals surface area contributed by atoms with Gasteiger partial charge in [0.15, 0.2) is 0 Å². The van der Waals surface area contributed by atoms with Crippen LogP contribution >= 0.6 is 0 Å². The van der Waals surface area contributed by atoms with Gasteiger partial charge < -0.3 is 24.9 Å². The van der Waals surface area contributed by atoms with Gasteiger partial charge in [-0.15, -0.1) is 177 Å². The van der Waals surface area contributed by atoms with E-state index in [0.717, 1.165) is 84.4 Å². The zero-order valence-electron chi connectivity index (χ0n) is 53.4. The molecule has 5 heterocycles. The summed E-state index contributed by atoms with van der Waals surface area (Å²) in [7, 11) is 0. The average molecular weight is 2080 g/mol. The van der Waals surface area contributed by atoms with E-state index in [-0.39, 0.29) is 106 Å². The van der Waals surface area contributed by atoms with Crippen LogP contribution in [0.1, 0.15) is 72.6 Å². The second kappa shape index (κ2) is 38.5. The van der Waals surface area contributed by atoms with E-state index in [2.05, 4.69) is 192 Å². The molecule has 0 saturated heterocycles. The summed E-state index contributed by atoms with van der Waals surface area (Å²) in [6, 6.07) is 77.9. The van der Waals surface area contributed by atoms with Gasteiger partial charge in [-0.05, 0) is 158 Å². The largest absolute Gasteiger partial charge is 0.304 e. The van der Waals surface area contributed by atoms with Crippen molar-refractivity contribution in [3.8, 4) is 78.5 Å². The van der Waals surface area contributed by atoms with E-state index >= 15 is 0 Å². The molecule has 0 fully saturated rings. The van der Waals surface area contributed by atoms with Crippen LogP contribution in [0.25, 0.3) is 78.5 Å². The van der Waals surface area contributed by atoms with Crippen molar-refractivity contribution in [1.29, 1.82) is 0 Å². The molecular weight excluding hydrogens is 2010 g/mol. The van der Waals surface area contributed by atoms with Gasteiger partial charge in [0.1, 0.15) is 5.82 Å². The fraction of sp³-hybridized carbons (Fsp3) is 0.163. The molecule has 0 spiro atoms. The molecule has 475 valence electrons. The number of nitrogens with zero attached hydrogens (tertiary/aromatic N) is 5. The Morgan fingerprint density at radius 3 is 1.30 bits per heavy atom. The van der Waals surface area contributed by atoms with Crippen LogP contribution in [0.15, 0.2) is 207 Å². The Bertz CT molecular complexity index is 4170. The van der Waals surface area contributed by atoms with Gasteiger partial charge in [-0.3, -0.25) is 0 Å². The third-order valence-corrected chi connectivity index (χ3v) is 14.6. The summed E-state index contributed by atoms with van der Waals surface area (Å²) in [6.07, 6.45) is 5.60. The van der Waals surface area contributed by atoms with Crippen molar-refractivity contribution in [2.24, 2.45) is 0 Å². The molecule has 91 heavy (non-hydrogen) atoms. The number of hydrogen-bond acceptors (Lipinski definition) is 5. The quantitative estimate of drug-likeness (QED) is 0.149. The number of rotatable bonds is 7. The van der Waals surface area contributed by atoms with E-state index in [4.69, 9.17) is 0 Å². The molecule has 0 saturated carbocycles. The topological polar surface area (TPSA) is 64.5 Å². The van der Waals surface area contributed by atoms with Crippen LogP contribution in [0.4, 0.5) is 4.39 Å². The minimum absolute atomic E-state index is 0. The fourth-order valence-electron chi connectivity index (χ4n) is 9.61. The SMILES string of the molecule is Cc1cc(C)cc(-c2cc[c-]c(-c3nccc(C)c3C)c2)c1.Cc1cc(C)nc(-c2[c-]cccc2)c1.Cc1cc[c-]c(-c2cc(C)c(C)cn2)c1.Cc1cc[c-]c(-c2cccc(C)n2)c1.Cc1ccnc(-c2[c-]ccc(-c3ccc(F)cc3)c2)c1C.[Ir].[Ir].[Ir].[Ir].[Ir]. The van der Waals surface area contributed by atoms with Gasteiger partial charge in [0.05, 0.1) is 0 Å². The second-order valence-corrected chi connectivity index (χ2v) is 21.9. The van der Waals surface area contributed by atoms with Crippen molar-refractivity contribution in [3.05, 3.63) is 315 Å². The van der Waals surface area contributed by atoms with E-state index in [9.17, 15) is 4.39 Å². The van der Waals surface area contributed by atoms with Gasteiger partial charge in [0.2, 0.25) is 0 Å². The Labute approximate surface area is 607 Å². The van der Waals surface area contributed by atoms with Crippen molar-refractivity contribution in [2.75, 3.05) is 0 Å². The Morgan fingerprint density at radius 2 is 0.791 bits per heavy atom. The maximum atomic E-state index is 13.0. The summed E-state index contributed by atoms with van der Waals surface area (Å²) in [5.74, 6) is -0.224. The van der Waals surface area contributed by atoms with Gasteiger partial charge in [0.25, 0.3) is 0 Å². The predicted octanol–water partition coefficient (Wildman–Crippen LogP) is 20.2. The molecule has 0 bridgehead atoms. The number of aryl methyl sites for hydroxylation is 11. The first-order valence-electron chi connectivity index (χ1n) is 28.9. The predicted molar refractivity (Wildman–Crippen MR) is 355 cm³/mol. The molecule has 12 aromatic rings. The molecule has 0 N–H and O–H groups in total. The van der Waals surface area contributed by atoms with Crippen LogP contribution in [-0.2, 0) is 101 Å². The molecule has 5 radical (unpaired) electrons. The van der Waals surface area contributed by atoms with E-state index < -0.39 is 0 Å². The maximum Gasteiger partial charge on any atom is 0.123 e. The zero-order chi connectivity index (χ0) is 61.3. The third-order valence-electron chi connectivity index (χ3n) is 14.6. The number of pyridine rings is 5. The summed E-state index contributed by atoms with van der Waals surface area (Å²) in [4.78, 5) is 22.4. The van der Waals surface area contributed by atoms with Crippen LogP contribution in [0, 0.1) is 126 Å². The maximum absolute atomic E-state index is 13.0. The van der Waals surface area contributed by atoms with Crippen LogP contribution < -0.4 is 0 Å². The van der Waals surface area contributed by atoms with Crippen LogP contribution in [-0.4, -0.2) is 24.9 Å². The number of aromatic nitrogens is 5. The molecule has 0 unspecified atom stereocenters. The van der Waals surface area contributed by atoms with Gasteiger partial charge in [0, 0.05) is 131 Å². The molecule has 0 aliphatic carbocycles. The van der Waals surface area contributed by atoms with E-state index in [1.807, 2.05) is 136 Å². The molecule has 11 heteroatoms. The van der Waals surface area contributed by atoms with E-state index in [1.54, 1.807) is 12.1 Å². The zero-order valence-corrected chi connectivity index (χ0v) is 65.4. The fourth-order valence-corrected chi connectivity index (χ4v) is 9.61. The van der Waals surface area contributed by atoms with Crippen LogP contribution in [0.5, 0.6) is 0 Å². The van der Waals surface area contributed by atoms with Crippen molar-refractivity contribution in [3.63, 3.8) is 0 Å². The molecule has 0 aliphatic heterocycles. The number of hydrogen-bond donors (Lipinski definition) is 0. The first kappa shape index (κ1) is 78.7. The molecule has 5 aromatic heterocycles. The average Bonchev–Trinajstić information content (AvgIpc) is 2.98. The molecule has 0 amide bonds. The van der Waals surface area contributed by atoms with Crippen molar-refractivity contribution >= 4 is 0 Å². The number of benzene rings is 7. The first-order valence-corrected chi connectivity index (χ1v) is 28.9. The van der Waals surface area contributed by atoms with E-state index in [1.165, 1.54) is 78.9 Å². The first-order chi connectivity index (χ1) is 41.4. The molecule has 0 atom stereocenters. The molecule has 12 rings (SSSR count). The van der Waals surface area contributed by atoms with Crippen molar-refractivity contribution in [2.45, 2.75) is 90.0 Å². The van der Waals surface area contributed by atoms with E-state index in [0.29, 0.717) is 0 Å². The Morgan fingerprint density at radius 1 is 0.297 bits per heavy atom. The molecule has 0 aliphatic rings. The summed E-state index contributed by atoms with van der Waals surface area (Å²) in [5, 5.41) is 0. The molecule has 5 nitrogen and oxygen atoms in total. The smallest absolute Gasteiger partial charge is 0.123 e. The van der Waals surface area contributed by atoms with Gasteiger partial charge in [-0.2, -0.15) is 0 Å². The summed E-state index contributed by atoms with van der Waals surface area (Å²) < 4.78 is 13.0. The monoisotopic (exact) mass is 2090 g/mol. The van der Waals surface area contributed by atoms with Gasteiger partial charge in [-0.1, -0.05) is 113 Å². The number of halogens is 1. The minimum Gasteiger partial charge on any atom is -0.304 e.